The van der Waals surface area contributed by atoms with Gasteiger partial charge in [0.15, 0.2) is 0 Å². The number of hydrogen-bond acceptors (Lipinski definition) is 2. The highest BCUT2D eigenvalue weighted by molar-refractivity contribution is 9.10. The number of aryl methyl sites for hydroxylation is 2. The van der Waals surface area contributed by atoms with Gasteiger partial charge in [0.1, 0.15) is 0 Å². The minimum absolute atomic E-state index is 0.162. The van der Waals surface area contributed by atoms with Crippen LogP contribution in [0.15, 0.2) is 16.6 Å². The summed E-state index contributed by atoms with van der Waals surface area (Å²) >= 11 is 3.47. The SMILES string of the molecule is Cc1cc(NC(=O)N(C)CC(C)C(=O)O)cc(C)c1Br. The zero-order chi connectivity index (χ0) is 15.4. The second kappa shape index (κ2) is 6.74. The maximum Gasteiger partial charge on any atom is 0.321 e. The molecule has 1 rings (SSSR count). The van der Waals surface area contributed by atoms with Crippen LogP contribution in [0.4, 0.5) is 10.5 Å². The molecule has 2 N–H and O–H groups in total. The lowest BCUT2D eigenvalue weighted by atomic mass is 10.1. The van der Waals surface area contributed by atoms with Gasteiger partial charge in [0.25, 0.3) is 0 Å². The molecule has 0 heterocycles. The average molecular weight is 343 g/mol. The minimum atomic E-state index is -0.917. The monoisotopic (exact) mass is 342 g/mol. The van der Waals surface area contributed by atoms with E-state index in [1.54, 1.807) is 14.0 Å². The molecule has 5 nitrogen and oxygen atoms in total. The number of hydrogen-bond donors (Lipinski definition) is 2. The average Bonchev–Trinajstić information content (AvgIpc) is 2.35. The van der Waals surface area contributed by atoms with Gasteiger partial charge in [0.2, 0.25) is 0 Å². The fourth-order valence-corrected chi connectivity index (χ4v) is 2.04. The number of nitrogens with zero attached hydrogens (tertiary/aromatic N) is 1. The first kappa shape index (κ1) is 16.5. The van der Waals surface area contributed by atoms with Gasteiger partial charge in [0.05, 0.1) is 5.92 Å². The van der Waals surface area contributed by atoms with Crippen LogP contribution in [0.25, 0.3) is 0 Å². The van der Waals surface area contributed by atoms with E-state index in [1.807, 2.05) is 26.0 Å². The number of aliphatic carboxylic acids is 1. The van der Waals surface area contributed by atoms with E-state index >= 15 is 0 Å². The lowest BCUT2D eigenvalue weighted by molar-refractivity contribution is -0.141. The van der Waals surface area contributed by atoms with E-state index in [0.717, 1.165) is 15.6 Å². The molecular weight excluding hydrogens is 324 g/mol. The van der Waals surface area contributed by atoms with Crippen LogP contribution in [0.1, 0.15) is 18.1 Å². The zero-order valence-electron chi connectivity index (χ0n) is 12.0. The molecule has 110 valence electrons. The lowest BCUT2D eigenvalue weighted by Gasteiger charge is -2.20. The maximum atomic E-state index is 12.0. The first-order chi connectivity index (χ1) is 9.22. The Morgan fingerprint density at radius 2 is 1.85 bits per heavy atom. The molecule has 6 heteroatoms. The summed E-state index contributed by atoms with van der Waals surface area (Å²) < 4.78 is 1.02. The van der Waals surface area contributed by atoms with E-state index in [0.29, 0.717) is 5.69 Å². The van der Waals surface area contributed by atoms with Crippen LogP contribution >= 0.6 is 15.9 Å². The Balaban J connectivity index is 2.73. The third kappa shape index (κ3) is 4.23. The largest absolute Gasteiger partial charge is 0.481 e. The standard InChI is InChI=1S/C14H19BrN2O3/c1-8-5-11(6-9(2)12(8)15)16-14(20)17(4)7-10(3)13(18)19/h5-6,10H,7H2,1-4H3,(H,16,20)(H,18,19). The molecule has 0 radical (unpaired) electrons. The number of amides is 2. The number of halogens is 1. The molecule has 1 aromatic rings. The van der Waals surface area contributed by atoms with Crippen molar-refractivity contribution in [1.82, 2.24) is 4.90 Å². The van der Waals surface area contributed by atoms with Gasteiger partial charge in [-0.3, -0.25) is 4.79 Å². The summed E-state index contributed by atoms with van der Waals surface area (Å²) in [5.74, 6) is -1.51. The van der Waals surface area contributed by atoms with Gasteiger partial charge < -0.3 is 15.3 Å². The number of carbonyl (C=O) groups is 2. The maximum absolute atomic E-state index is 12.0. The number of carboxylic acids is 1. The number of anilines is 1. The van der Waals surface area contributed by atoms with Crippen molar-refractivity contribution in [3.05, 3.63) is 27.7 Å². The number of carbonyl (C=O) groups excluding carboxylic acids is 1. The summed E-state index contributed by atoms with van der Waals surface area (Å²) in [6.07, 6.45) is 0. The van der Waals surface area contributed by atoms with Crippen LogP contribution < -0.4 is 5.32 Å². The van der Waals surface area contributed by atoms with Crippen molar-refractivity contribution in [2.24, 2.45) is 5.92 Å². The predicted octanol–water partition coefficient (Wildman–Crippen LogP) is 3.25. The highest BCUT2D eigenvalue weighted by Gasteiger charge is 2.17. The van der Waals surface area contributed by atoms with Gasteiger partial charge in [0, 0.05) is 23.8 Å². The molecule has 1 unspecified atom stereocenters. The molecule has 0 aliphatic rings. The molecule has 0 aliphatic heterocycles. The van der Waals surface area contributed by atoms with Crippen LogP contribution in [-0.2, 0) is 4.79 Å². The highest BCUT2D eigenvalue weighted by atomic mass is 79.9. The molecule has 2 amide bonds. The van der Waals surface area contributed by atoms with E-state index < -0.39 is 11.9 Å². The Bertz CT molecular complexity index is 508. The summed E-state index contributed by atoms with van der Waals surface area (Å²) in [4.78, 5) is 24.1. The van der Waals surface area contributed by atoms with E-state index in [-0.39, 0.29) is 12.6 Å². The summed E-state index contributed by atoms with van der Waals surface area (Å²) in [6.45, 7) is 5.63. The Morgan fingerprint density at radius 3 is 2.30 bits per heavy atom. The van der Waals surface area contributed by atoms with Crippen LogP contribution in [-0.4, -0.2) is 35.6 Å². The number of carboxylic acid groups (broad SMARTS) is 1. The Kier molecular flexibility index (Phi) is 5.56. The van der Waals surface area contributed by atoms with Crippen molar-refractivity contribution in [2.75, 3.05) is 18.9 Å². The van der Waals surface area contributed by atoms with Crippen molar-refractivity contribution in [3.8, 4) is 0 Å². The molecule has 0 fully saturated rings. The third-order valence-corrected chi connectivity index (χ3v) is 4.25. The molecule has 0 saturated heterocycles. The summed E-state index contributed by atoms with van der Waals surface area (Å²) in [7, 11) is 1.58. The van der Waals surface area contributed by atoms with Crippen LogP contribution in [0.2, 0.25) is 0 Å². The van der Waals surface area contributed by atoms with E-state index in [1.165, 1.54) is 4.90 Å². The Hall–Kier alpha value is -1.56. The molecule has 0 aromatic heterocycles. The number of nitrogens with one attached hydrogen (secondary N) is 1. The van der Waals surface area contributed by atoms with Gasteiger partial charge >= 0.3 is 12.0 Å². The molecule has 1 atom stereocenters. The Labute approximate surface area is 127 Å². The predicted molar refractivity (Wildman–Crippen MR) is 82.1 cm³/mol. The van der Waals surface area contributed by atoms with E-state index in [9.17, 15) is 9.59 Å². The Morgan fingerprint density at radius 1 is 1.35 bits per heavy atom. The number of urea groups is 1. The molecule has 0 aliphatic carbocycles. The molecule has 0 bridgehead atoms. The van der Waals surface area contributed by atoms with Crippen LogP contribution in [0, 0.1) is 19.8 Å². The zero-order valence-corrected chi connectivity index (χ0v) is 13.6. The fraction of sp³-hybridized carbons (Fsp3) is 0.429. The van der Waals surface area contributed by atoms with Crippen molar-refractivity contribution >= 4 is 33.6 Å². The normalized spacial score (nSPS) is 11.8. The minimum Gasteiger partial charge on any atom is -0.481 e. The van der Waals surface area contributed by atoms with Crippen LogP contribution in [0.3, 0.4) is 0 Å². The molecule has 0 saturated carbocycles. The van der Waals surface area contributed by atoms with E-state index in [4.69, 9.17) is 5.11 Å². The quantitative estimate of drug-likeness (QED) is 0.882. The third-order valence-electron chi connectivity index (χ3n) is 3.00. The van der Waals surface area contributed by atoms with Gasteiger partial charge in [-0.05, 0) is 37.1 Å². The van der Waals surface area contributed by atoms with Crippen LogP contribution in [0.5, 0.6) is 0 Å². The smallest absolute Gasteiger partial charge is 0.321 e. The van der Waals surface area contributed by atoms with Gasteiger partial charge in [-0.1, -0.05) is 22.9 Å². The molecule has 1 aromatic carbocycles. The van der Waals surface area contributed by atoms with Crippen molar-refractivity contribution in [3.63, 3.8) is 0 Å². The highest BCUT2D eigenvalue weighted by Crippen LogP contribution is 2.25. The first-order valence-corrected chi connectivity index (χ1v) is 7.03. The number of benzene rings is 1. The summed E-state index contributed by atoms with van der Waals surface area (Å²) in [5.41, 5.74) is 2.76. The van der Waals surface area contributed by atoms with Crippen molar-refractivity contribution in [1.29, 1.82) is 0 Å². The van der Waals surface area contributed by atoms with Gasteiger partial charge in [-0.15, -0.1) is 0 Å². The van der Waals surface area contributed by atoms with Crippen molar-refractivity contribution < 1.29 is 14.7 Å². The molecular formula is C14H19BrN2O3. The second-order valence-electron chi connectivity index (χ2n) is 4.97. The lowest BCUT2D eigenvalue weighted by Crippen LogP contribution is -2.36. The second-order valence-corrected chi connectivity index (χ2v) is 5.77. The van der Waals surface area contributed by atoms with E-state index in [2.05, 4.69) is 21.2 Å². The summed E-state index contributed by atoms with van der Waals surface area (Å²) in [5, 5.41) is 11.6. The molecule has 20 heavy (non-hydrogen) atoms. The fourth-order valence-electron chi connectivity index (χ4n) is 1.81. The van der Waals surface area contributed by atoms with Gasteiger partial charge in [-0.25, -0.2) is 4.79 Å². The first-order valence-electron chi connectivity index (χ1n) is 6.24. The molecule has 0 spiro atoms. The summed E-state index contributed by atoms with van der Waals surface area (Å²) in [6, 6.07) is 3.41. The van der Waals surface area contributed by atoms with Gasteiger partial charge in [-0.2, -0.15) is 0 Å². The number of rotatable bonds is 4. The topological polar surface area (TPSA) is 69.6 Å². The van der Waals surface area contributed by atoms with Crippen molar-refractivity contribution in [2.45, 2.75) is 20.8 Å².